The zero-order valence-electron chi connectivity index (χ0n) is 10.4. The molecule has 1 fully saturated rings. The van der Waals surface area contributed by atoms with E-state index in [9.17, 15) is 0 Å². The molecule has 2 rings (SSSR count). The van der Waals surface area contributed by atoms with Crippen molar-refractivity contribution in [3.05, 3.63) is 18.2 Å². The first-order chi connectivity index (χ1) is 8.29. The summed E-state index contributed by atoms with van der Waals surface area (Å²) < 4.78 is 7.56. The van der Waals surface area contributed by atoms with Gasteiger partial charge < -0.3 is 20.4 Å². The number of rotatable bonds is 6. The summed E-state index contributed by atoms with van der Waals surface area (Å²) in [4.78, 5) is 4.33. The maximum atomic E-state index is 5.53. The van der Waals surface area contributed by atoms with E-state index in [1.54, 1.807) is 0 Å². The smallest absolute Gasteiger partial charge is 0.0950 e. The molecule has 3 N–H and O–H groups in total. The van der Waals surface area contributed by atoms with Crippen LogP contribution in [0, 0.1) is 5.92 Å². The van der Waals surface area contributed by atoms with Gasteiger partial charge in [0.15, 0.2) is 0 Å². The number of aromatic nitrogens is 2. The van der Waals surface area contributed by atoms with Crippen molar-refractivity contribution in [2.45, 2.75) is 32.5 Å². The van der Waals surface area contributed by atoms with E-state index in [4.69, 9.17) is 10.5 Å². The van der Waals surface area contributed by atoms with Crippen LogP contribution in [0.3, 0.4) is 0 Å². The van der Waals surface area contributed by atoms with E-state index in [0.717, 1.165) is 38.4 Å². The minimum absolute atomic E-state index is 0.386. The molecule has 0 radical (unpaired) electrons. The van der Waals surface area contributed by atoms with Crippen molar-refractivity contribution in [1.29, 1.82) is 0 Å². The second-order valence-electron chi connectivity index (χ2n) is 4.65. The fourth-order valence-corrected chi connectivity index (χ4v) is 2.20. The average Bonchev–Trinajstić information content (AvgIpc) is 2.90. The highest BCUT2D eigenvalue weighted by atomic mass is 16.5. The highest BCUT2D eigenvalue weighted by molar-refractivity contribution is 4.96. The van der Waals surface area contributed by atoms with E-state index >= 15 is 0 Å². The third-order valence-electron chi connectivity index (χ3n) is 3.32. The molecular weight excluding hydrogens is 216 g/mol. The summed E-state index contributed by atoms with van der Waals surface area (Å²) in [5, 5.41) is 3.44. The minimum atomic E-state index is 0.386. The van der Waals surface area contributed by atoms with Crippen molar-refractivity contribution in [1.82, 2.24) is 14.9 Å². The predicted octanol–water partition coefficient (Wildman–Crippen LogP) is 0.356. The minimum Gasteiger partial charge on any atom is -0.378 e. The summed E-state index contributed by atoms with van der Waals surface area (Å²) in [5.74, 6) is 0.640. The second-order valence-corrected chi connectivity index (χ2v) is 4.65. The van der Waals surface area contributed by atoms with Gasteiger partial charge in [-0.1, -0.05) is 0 Å². The van der Waals surface area contributed by atoms with Gasteiger partial charge in [0, 0.05) is 39.0 Å². The Morgan fingerprint density at radius 2 is 2.53 bits per heavy atom. The highest BCUT2D eigenvalue weighted by Gasteiger charge is 2.23. The van der Waals surface area contributed by atoms with Crippen molar-refractivity contribution >= 4 is 0 Å². The Morgan fingerprint density at radius 3 is 3.24 bits per heavy atom. The monoisotopic (exact) mass is 238 g/mol. The van der Waals surface area contributed by atoms with E-state index in [0.29, 0.717) is 18.6 Å². The van der Waals surface area contributed by atoms with Crippen LogP contribution in [0.4, 0.5) is 0 Å². The molecule has 1 aromatic rings. The van der Waals surface area contributed by atoms with Gasteiger partial charge in [-0.2, -0.15) is 0 Å². The Kier molecular flexibility index (Phi) is 4.53. The lowest BCUT2D eigenvalue weighted by atomic mass is 10.0. The van der Waals surface area contributed by atoms with Crippen LogP contribution >= 0.6 is 0 Å². The Balaban J connectivity index is 1.70. The third-order valence-corrected chi connectivity index (χ3v) is 3.32. The second kappa shape index (κ2) is 6.14. The van der Waals surface area contributed by atoms with Crippen LogP contribution in [0.15, 0.2) is 12.5 Å². The quantitative estimate of drug-likeness (QED) is 0.751. The van der Waals surface area contributed by atoms with Gasteiger partial charge in [-0.05, 0) is 19.3 Å². The normalized spacial score (nSPS) is 24.4. The number of nitrogens with two attached hydrogens (primary N) is 1. The summed E-state index contributed by atoms with van der Waals surface area (Å²) in [6.45, 7) is 6.36. The lowest BCUT2D eigenvalue weighted by molar-refractivity contribution is 0.105. The molecule has 2 atom stereocenters. The van der Waals surface area contributed by atoms with Gasteiger partial charge in [-0.25, -0.2) is 4.98 Å². The predicted molar refractivity (Wildman–Crippen MR) is 66.5 cm³/mol. The molecule has 0 spiro atoms. The van der Waals surface area contributed by atoms with Gasteiger partial charge in [-0.15, -0.1) is 0 Å². The summed E-state index contributed by atoms with van der Waals surface area (Å²) in [6, 6.07) is 0. The molecule has 0 saturated carbocycles. The SMILES string of the molecule is CC1OCCC1CNCc1cn(CCN)cn1. The largest absolute Gasteiger partial charge is 0.378 e. The van der Waals surface area contributed by atoms with Crippen molar-refractivity contribution in [3.63, 3.8) is 0 Å². The maximum absolute atomic E-state index is 5.53. The van der Waals surface area contributed by atoms with Gasteiger partial charge in [-0.3, -0.25) is 0 Å². The molecule has 0 bridgehead atoms. The van der Waals surface area contributed by atoms with E-state index in [1.807, 2.05) is 10.9 Å². The average molecular weight is 238 g/mol. The lowest BCUT2D eigenvalue weighted by Gasteiger charge is -2.13. The molecule has 0 aliphatic carbocycles. The molecule has 2 heterocycles. The molecule has 5 nitrogen and oxygen atoms in total. The number of imidazole rings is 1. The first-order valence-electron chi connectivity index (χ1n) is 6.32. The van der Waals surface area contributed by atoms with Crippen LogP contribution in [-0.2, 0) is 17.8 Å². The first-order valence-corrected chi connectivity index (χ1v) is 6.32. The van der Waals surface area contributed by atoms with Gasteiger partial charge in [0.1, 0.15) is 0 Å². The van der Waals surface area contributed by atoms with Gasteiger partial charge in [0.25, 0.3) is 0 Å². The fraction of sp³-hybridized carbons (Fsp3) is 0.750. The molecule has 1 aromatic heterocycles. The van der Waals surface area contributed by atoms with Crippen molar-refractivity contribution < 1.29 is 4.74 Å². The summed E-state index contributed by atoms with van der Waals surface area (Å²) in [7, 11) is 0. The summed E-state index contributed by atoms with van der Waals surface area (Å²) >= 11 is 0. The van der Waals surface area contributed by atoms with Gasteiger partial charge >= 0.3 is 0 Å². The summed E-state index contributed by atoms with van der Waals surface area (Å²) in [5.41, 5.74) is 6.56. The van der Waals surface area contributed by atoms with Gasteiger partial charge in [0.2, 0.25) is 0 Å². The molecule has 96 valence electrons. The van der Waals surface area contributed by atoms with Crippen molar-refractivity contribution in [2.24, 2.45) is 11.7 Å². The third kappa shape index (κ3) is 3.52. The van der Waals surface area contributed by atoms with E-state index in [2.05, 4.69) is 23.4 Å². The number of nitrogens with one attached hydrogen (secondary N) is 1. The topological polar surface area (TPSA) is 65.1 Å². The number of hydrogen-bond acceptors (Lipinski definition) is 4. The molecule has 17 heavy (non-hydrogen) atoms. The number of hydrogen-bond donors (Lipinski definition) is 2. The molecule has 0 amide bonds. The van der Waals surface area contributed by atoms with E-state index in [-0.39, 0.29) is 0 Å². The molecule has 1 saturated heterocycles. The van der Waals surface area contributed by atoms with Crippen LogP contribution in [0.2, 0.25) is 0 Å². The Hall–Kier alpha value is -0.910. The molecule has 5 heteroatoms. The molecule has 0 aromatic carbocycles. The molecule has 1 aliphatic rings. The van der Waals surface area contributed by atoms with E-state index < -0.39 is 0 Å². The first kappa shape index (κ1) is 12.5. The number of ether oxygens (including phenoxy) is 1. The zero-order chi connectivity index (χ0) is 12.1. The van der Waals surface area contributed by atoms with Crippen molar-refractivity contribution in [3.8, 4) is 0 Å². The fourth-order valence-electron chi connectivity index (χ4n) is 2.20. The van der Waals surface area contributed by atoms with Crippen LogP contribution in [-0.4, -0.2) is 35.4 Å². The summed E-state index contributed by atoms with van der Waals surface area (Å²) in [6.07, 6.45) is 5.44. The van der Waals surface area contributed by atoms with Gasteiger partial charge in [0.05, 0.1) is 18.1 Å². The highest BCUT2D eigenvalue weighted by Crippen LogP contribution is 2.19. The van der Waals surface area contributed by atoms with Crippen LogP contribution in [0.5, 0.6) is 0 Å². The van der Waals surface area contributed by atoms with Crippen LogP contribution < -0.4 is 11.1 Å². The van der Waals surface area contributed by atoms with E-state index in [1.165, 1.54) is 0 Å². The van der Waals surface area contributed by atoms with Crippen molar-refractivity contribution in [2.75, 3.05) is 19.7 Å². The number of nitrogens with zero attached hydrogens (tertiary/aromatic N) is 2. The van der Waals surface area contributed by atoms with Crippen LogP contribution in [0.1, 0.15) is 19.0 Å². The Morgan fingerprint density at radius 1 is 1.65 bits per heavy atom. The molecule has 2 unspecified atom stereocenters. The lowest BCUT2D eigenvalue weighted by Crippen LogP contribution is -2.26. The molecule has 1 aliphatic heterocycles. The maximum Gasteiger partial charge on any atom is 0.0950 e. The standard InChI is InChI=1S/C12H22N4O/c1-10-11(2-5-17-10)6-14-7-12-8-16(4-3-13)9-15-12/h8-11,14H,2-7,13H2,1H3. The Bertz CT molecular complexity index is 339. The Labute approximate surface area is 102 Å². The zero-order valence-corrected chi connectivity index (χ0v) is 10.4. The molecular formula is C12H22N4O. The van der Waals surface area contributed by atoms with Crippen LogP contribution in [0.25, 0.3) is 0 Å².